The molecule has 1 aromatic heterocycles. The van der Waals surface area contributed by atoms with E-state index in [0.29, 0.717) is 6.04 Å². The molecule has 0 spiro atoms. The van der Waals surface area contributed by atoms with Gasteiger partial charge in [0.05, 0.1) is 12.8 Å². The van der Waals surface area contributed by atoms with Gasteiger partial charge in [0, 0.05) is 12.5 Å². The van der Waals surface area contributed by atoms with E-state index in [-0.39, 0.29) is 6.42 Å². The number of aryl methyl sites for hydroxylation is 1. The van der Waals surface area contributed by atoms with E-state index in [1.807, 2.05) is 6.07 Å². The molecule has 1 aromatic rings. The van der Waals surface area contributed by atoms with E-state index in [1.165, 1.54) is 18.4 Å². The van der Waals surface area contributed by atoms with Crippen molar-refractivity contribution in [3.63, 3.8) is 0 Å². The minimum Gasteiger partial charge on any atom is -0.481 e. The Morgan fingerprint density at radius 1 is 1.56 bits per heavy atom. The highest BCUT2D eigenvalue weighted by Gasteiger charge is 2.24. The summed E-state index contributed by atoms with van der Waals surface area (Å²) in [6.07, 6.45) is 6.24. The Balaban J connectivity index is 1.95. The molecular formula is C14H21NO3. The predicted molar refractivity (Wildman–Crippen MR) is 68.4 cm³/mol. The van der Waals surface area contributed by atoms with Crippen LogP contribution in [-0.4, -0.2) is 28.6 Å². The standard InChI is InChI=1S/C14H21NO3/c1-11-7-9-18-13(11)10-15-8-3-2-4-12(15)5-6-14(16)17/h7,9,12H,2-6,8,10H2,1H3,(H,16,17). The van der Waals surface area contributed by atoms with Crippen LogP contribution in [0, 0.1) is 6.92 Å². The number of rotatable bonds is 5. The number of piperidine rings is 1. The number of carboxylic acid groups (broad SMARTS) is 1. The molecule has 4 nitrogen and oxygen atoms in total. The lowest BCUT2D eigenvalue weighted by atomic mass is 9.97. The summed E-state index contributed by atoms with van der Waals surface area (Å²) >= 11 is 0. The molecule has 0 bridgehead atoms. The van der Waals surface area contributed by atoms with Crippen molar-refractivity contribution in [1.29, 1.82) is 0 Å². The van der Waals surface area contributed by atoms with Gasteiger partial charge in [0.15, 0.2) is 0 Å². The second-order valence-electron chi connectivity index (χ2n) is 5.08. The molecule has 1 saturated heterocycles. The average molecular weight is 251 g/mol. The summed E-state index contributed by atoms with van der Waals surface area (Å²) in [4.78, 5) is 13.1. The van der Waals surface area contributed by atoms with Crippen LogP contribution in [-0.2, 0) is 11.3 Å². The summed E-state index contributed by atoms with van der Waals surface area (Å²) in [6.45, 7) is 3.91. The van der Waals surface area contributed by atoms with Gasteiger partial charge in [-0.2, -0.15) is 0 Å². The molecule has 4 heteroatoms. The summed E-state index contributed by atoms with van der Waals surface area (Å²) in [6, 6.07) is 2.37. The molecule has 1 aliphatic heterocycles. The maximum atomic E-state index is 10.7. The van der Waals surface area contributed by atoms with Gasteiger partial charge in [-0.1, -0.05) is 6.42 Å². The molecule has 2 heterocycles. The van der Waals surface area contributed by atoms with Crippen LogP contribution in [0.15, 0.2) is 16.7 Å². The molecule has 1 atom stereocenters. The Bertz CT molecular complexity index is 399. The van der Waals surface area contributed by atoms with Gasteiger partial charge < -0.3 is 9.52 Å². The molecule has 2 rings (SSSR count). The Kier molecular flexibility index (Phi) is 4.42. The molecular weight excluding hydrogens is 230 g/mol. The van der Waals surface area contributed by atoms with Crippen LogP contribution in [0.1, 0.15) is 43.4 Å². The maximum absolute atomic E-state index is 10.7. The van der Waals surface area contributed by atoms with Crippen molar-refractivity contribution in [3.8, 4) is 0 Å². The van der Waals surface area contributed by atoms with E-state index < -0.39 is 5.97 Å². The SMILES string of the molecule is Cc1ccoc1CN1CCCCC1CCC(=O)O. The third-order valence-electron chi connectivity index (χ3n) is 3.76. The molecule has 1 unspecified atom stereocenters. The van der Waals surface area contributed by atoms with Crippen molar-refractivity contribution in [2.75, 3.05) is 6.54 Å². The Morgan fingerprint density at radius 2 is 2.39 bits per heavy atom. The van der Waals surface area contributed by atoms with Crippen LogP contribution in [0.3, 0.4) is 0 Å². The van der Waals surface area contributed by atoms with E-state index in [1.54, 1.807) is 6.26 Å². The topological polar surface area (TPSA) is 53.7 Å². The molecule has 0 saturated carbocycles. The second kappa shape index (κ2) is 6.05. The first-order valence-corrected chi connectivity index (χ1v) is 6.65. The quantitative estimate of drug-likeness (QED) is 0.874. The largest absolute Gasteiger partial charge is 0.481 e. The predicted octanol–water partition coefficient (Wildman–Crippen LogP) is 2.81. The van der Waals surface area contributed by atoms with Gasteiger partial charge in [-0.3, -0.25) is 9.69 Å². The molecule has 1 N–H and O–H groups in total. The van der Waals surface area contributed by atoms with Crippen molar-refractivity contribution in [3.05, 3.63) is 23.7 Å². The lowest BCUT2D eigenvalue weighted by molar-refractivity contribution is -0.137. The van der Waals surface area contributed by atoms with Crippen molar-refractivity contribution < 1.29 is 14.3 Å². The highest BCUT2D eigenvalue weighted by Crippen LogP contribution is 2.24. The third-order valence-corrected chi connectivity index (χ3v) is 3.76. The second-order valence-corrected chi connectivity index (χ2v) is 5.08. The van der Waals surface area contributed by atoms with Crippen LogP contribution in [0.5, 0.6) is 0 Å². The zero-order valence-corrected chi connectivity index (χ0v) is 10.9. The maximum Gasteiger partial charge on any atom is 0.303 e. The van der Waals surface area contributed by atoms with Gasteiger partial charge in [-0.15, -0.1) is 0 Å². The number of nitrogens with zero attached hydrogens (tertiary/aromatic N) is 1. The highest BCUT2D eigenvalue weighted by molar-refractivity contribution is 5.66. The first-order chi connectivity index (χ1) is 8.66. The van der Waals surface area contributed by atoms with Crippen LogP contribution in [0.2, 0.25) is 0 Å². The van der Waals surface area contributed by atoms with Crippen molar-refractivity contribution in [1.82, 2.24) is 4.90 Å². The summed E-state index contributed by atoms with van der Waals surface area (Å²) in [7, 11) is 0. The van der Waals surface area contributed by atoms with Gasteiger partial charge >= 0.3 is 5.97 Å². The molecule has 0 aliphatic carbocycles. The normalized spacial score (nSPS) is 21.1. The van der Waals surface area contributed by atoms with Crippen LogP contribution >= 0.6 is 0 Å². The lowest BCUT2D eigenvalue weighted by Crippen LogP contribution is -2.39. The van der Waals surface area contributed by atoms with E-state index >= 15 is 0 Å². The molecule has 1 fully saturated rings. The highest BCUT2D eigenvalue weighted by atomic mass is 16.4. The average Bonchev–Trinajstić information content (AvgIpc) is 2.74. The summed E-state index contributed by atoms with van der Waals surface area (Å²) in [5, 5.41) is 8.79. The Hall–Kier alpha value is -1.29. The number of hydrogen-bond acceptors (Lipinski definition) is 3. The molecule has 0 radical (unpaired) electrons. The van der Waals surface area contributed by atoms with E-state index in [9.17, 15) is 4.79 Å². The number of carboxylic acids is 1. The first kappa shape index (κ1) is 13.1. The number of furan rings is 1. The van der Waals surface area contributed by atoms with Crippen molar-refractivity contribution >= 4 is 5.97 Å². The summed E-state index contributed by atoms with van der Waals surface area (Å²) < 4.78 is 5.48. The minimum atomic E-state index is -0.699. The lowest BCUT2D eigenvalue weighted by Gasteiger charge is -2.35. The molecule has 100 valence electrons. The van der Waals surface area contributed by atoms with Crippen molar-refractivity contribution in [2.45, 2.75) is 51.6 Å². The van der Waals surface area contributed by atoms with E-state index in [4.69, 9.17) is 9.52 Å². The number of aliphatic carboxylic acids is 1. The van der Waals surface area contributed by atoms with Gasteiger partial charge in [0.1, 0.15) is 5.76 Å². The van der Waals surface area contributed by atoms with Crippen molar-refractivity contribution in [2.24, 2.45) is 0 Å². The third kappa shape index (κ3) is 3.35. The molecule has 0 aromatic carbocycles. The summed E-state index contributed by atoms with van der Waals surface area (Å²) in [5.74, 6) is 0.312. The molecule has 1 aliphatic rings. The Labute approximate surface area is 108 Å². The van der Waals surface area contributed by atoms with Crippen LogP contribution < -0.4 is 0 Å². The Morgan fingerprint density at radius 3 is 3.06 bits per heavy atom. The fraction of sp³-hybridized carbons (Fsp3) is 0.643. The van der Waals surface area contributed by atoms with Gasteiger partial charge in [-0.05, 0) is 44.4 Å². The number of carbonyl (C=O) groups is 1. The summed E-state index contributed by atoms with van der Waals surface area (Å²) in [5.41, 5.74) is 1.18. The van der Waals surface area contributed by atoms with Gasteiger partial charge in [0.25, 0.3) is 0 Å². The van der Waals surface area contributed by atoms with E-state index in [0.717, 1.165) is 31.7 Å². The zero-order valence-electron chi connectivity index (χ0n) is 10.9. The smallest absolute Gasteiger partial charge is 0.303 e. The fourth-order valence-electron chi connectivity index (χ4n) is 2.64. The van der Waals surface area contributed by atoms with E-state index in [2.05, 4.69) is 11.8 Å². The van der Waals surface area contributed by atoms with Gasteiger partial charge in [0.2, 0.25) is 0 Å². The number of likely N-dealkylation sites (tertiary alicyclic amines) is 1. The monoisotopic (exact) mass is 251 g/mol. The molecule has 0 amide bonds. The van der Waals surface area contributed by atoms with Crippen LogP contribution in [0.4, 0.5) is 0 Å². The fourth-order valence-corrected chi connectivity index (χ4v) is 2.64. The number of hydrogen-bond donors (Lipinski definition) is 1. The zero-order chi connectivity index (χ0) is 13.0. The van der Waals surface area contributed by atoms with Gasteiger partial charge in [-0.25, -0.2) is 0 Å². The minimum absolute atomic E-state index is 0.262. The first-order valence-electron chi connectivity index (χ1n) is 6.65. The molecule has 18 heavy (non-hydrogen) atoms. The van der Waals surface area contributed by atoms with Crippen LogP contribution in [0.25, 0.3) is 0 Å².